The minimum Gasteiger partial charge on any atom is -0.282 e. The molecule has 0 unspecified atom stereocenters. The number of hydrogen-bond acceptors (Lipinski definition) is 4. The van der Waals surface area contributed by atoms with Crippen LogP contribution in [-0.4, -0.2) is 36.0 Å². The van der Waals surface area contributed by atoms with Crippen LogP contribution in [0.3, 0.4) is 0 Å². The predicted molar refractivity (Wildman–Crippen MR) is 82.8 cm³/mol. The molecule has 0 amide bonds. The number of rotatable bonds is 4. The molecule has 0 aliphatic carbocycles. The summed E-state index contributed by atoms with van der Waals surface area (Å²) in [5.41, 5.74) is 2.27. The van der Waals surface area contributed by atoms with Gasteiger partial charge in [0, 0.05) is 18.8 Å². The SMILES string of the molecule is Cc1cn[nH]c1C[C@@H]1CCCN(S(=O)(=O)c2cccs2)C1. The van der Waals surface area contributed by atoms with E-state index in [-0.39, 0.29) is 0 Å². The zero-order valence-electron chi connectivity index (χ0n) is 11.9. The number of aromatic amines is 1. The van der Waals surface area contributed by atoms with E-state index < -0.39 is 10.0 Å². The van der Waals surface area contributed by atoms with E-state index in [2.05, 4.69) is 10.2 Å². The normalized spacial score (nSPS) is 20.7. The molecule has 1 aliphatic heterocycles. The van der Waals surface area contributed by atoms with Crippen LogP contribution in [0.1, 0.15) is 24.1 Å². The molecule has 0 saturated carbocycles. The van der Waals surface area contributed by atoms with E-state index >= 15 is 0 Å². The number of nitrogens with one attached hydrogen (secondary N) is 1. The van der Waals surface area contributed by atoms with Crippen LogP contribution < -0.4 is 0 Å². The third-order valence-electron chi connectivity index (χ3n) is 4.00. The first-order chi connectivity index (χ1) is 10.1. The van der Waals surface area contributed by atoms with Gasteiger partial charge in [-0.1, -0.05) is 6.07 Å². The van der Waals surface area contributed by atoms with Gasteiger partial charge < -0.3 is 0 Å². The van der Waals surface area contributed by atoms with Crippen LogP contribution in [0, 0.1) is 12.8 Å². The maximum atomic E-state index is 12.6. The molecule has 1 N–H and O–H groups in total. The molecular formula is C14H19N3O2S2. The smallest absolute Gasteiger partial charge is 0.252 e. The molecule has 3 rings (SSSR count). The first-order valence-electron chi connectivity index (χ1n) is 7.10. The molecule has 3 heterocycles. The maximum absolute atomic E-state index is 12.6. The second kappa shape index (κ2) is 5.90. The van der Waals surface area contributed by atoms with Gasteiger partial charge in [0.15, 0.2) is 0 Å². The number of nitrogens with zero attached hydrogens (tertiary/aromatic N) is 2. The molecule has 21 heavy (non-hydrogen) atoms. The van der Waals surface area contributed by atoms with Crippen LogP contribution in [0.5, 0.6) is 0 Å². The van der Waals surface area contributed by atoms with Gasteiger partial charge in [-0.05, 0) is 49.1 Å². The Labute approximate surface area is 129 Å². The maximum Gasteiger partial charge on any atom is 0.252 e. The Hall–Kier alpha value is -1.18. The fraction of sp³-hybridized carbons (Fsp3) is 0.500. The Kier molecular flexibility index (Phi) is 4.14. The van der Waals surface area contributed by atoms with E-state index in [1.165, 1.54) is 11.3 Å². The lowest BCUT2D eigenvalue weighted by molar-refractivity contribution is 0.264. The molecule has 0 radical (unpaired) electrons. The highest BCUT2D eigenvalue weighted by molar-refractivity contribution is 7.91. The van der Waals surface area contributed by atoms with Gasteiger partial charge in [-0.25, -0.2) is 8.42 Å². The van der Waals surface area contributed by atoms with E-state index in [0.717, 1.165) is 30.5 Å². The van der Waals surface area contributed by atoms with E-state index in [4.69, 9.17) is 0 Å². The Morgan fingerprint density at radius 3 is 3.05 bits per heavy atom. The summed E-state index contributed by atoms with van der Waals surface area (Å²) in [6.07, 6.45) is 4.66. The van der Waals surface area contributed by atoms with Gasteiger partial charge in [0.1, 0.15) is 4.21 Å². The molecular weight excluding hydrogens is 306 g/mol. The third kappa shape index (κ3) is 3.04. The highest BCUT2D eigenvalue weighted by atomic mass is 32.2. The minimum atomic E-state index is -3.31. The lowest BCUT2D eigenvalue weighted by Crippen LogP contribution is -2.40. The van der Waals surface area contributed by atoms with Crippen LogP contribution in [0.4, 0.5) is 0 Å². The Morgan fingerprint density at radius 1 is 1.52 bits per heavy atom. The number of hydrogen-bond donors (Lipinski definition) is 1. The first kappa shape index (κ1) is 14.7. The Morgan fingerprint density at radius 2 is 2.38 bits per heavy atom. The predicted octanol–water partition coefficient (Wildman–Crippen LogP) is 2.42. The highest BCUT2D eigenvalue weighted by Crippen LogP contribution is 2.28. The molecule has 1 fully saturated rings. The van der Waals surface area contributed by atoms with Crippen molar-refractivity contribution in [3.63, 3.8) is 0 Å². The average Bonchev–Trinajstić information content (AvgIpc) is 3.12. The fourth-order valence-corrected chi connectivity index (χ4v) is 5.52. The number of aryl methyl sites for hydroxylation is 1. The van der Waals surface area contributed by atoms with Gasteiger partial charge in [0.05, 0.1) is 6.20 Å². The van der Waals surface area contributed by atoms with E-state index in [0.29, 0.717) is 23.2 Å². The number of sulfonamides is 1. The molecule has 5 nitrogen and oxygen atoms in total. The fourth-order valence-electron chi connectivity index (χ4n) is 2.82. The number of aromatic nitrogens is 2. The molecule has 0 bridgehead atoms. The molecule has 1 saturated heterocycles. The summed E-state index contributed by atoms with van der Waals surface area (Å²) >= 11 is 1.29. The van der Waals surface area contributed by atoms with E-state index in [1.54, 1.807) is 16.4 Å². The molecule has 1 atom stereocenters. The van der Waals surface area contributed by atoms with Crippen molar-refractivity contribution >= 4 is 21.4 Å². The zero-order valence-corrected chi connectivity index (χ0v) is 13.6. The van der Waals surface area contributed by atoms with Crippen LogP contribution >= 0.6 is 11.3 Å². The van der Waals surface area contributed by atoms with Gasteiger partial charge in [0.25, 0.3) is 10.0 Å². The van der Waals surface area contributed by atoms with Gasteiger partial charge in [0.2, 0.25) is 0 Å². The number of thiophene rings is 1. The van der Waals surface area contributed by atoms with Gasteiger partial charge >= 0.3 is 0 Å². The van der Waals surface area contributed by atoms with Crippen molar-refractivity contribution in [3.8, 4) is 0 Å². The average molecular weight is 325 g/mol. The largest absolute Gasteiger partial charge is 0.282 e. The third-order valence-corrected chi connectivity index (χ3v) is 7.24. The van der Waals surface area contributed by atoms with Crippen molar-refractivity contribution in [1.29, 1.82) is 0 Å². The molecule has 1 aliphatic rings. The zero-order chi connectivity index (χ0) is 14.9. The molecule has 7 heteroatoms. The van der Waals surface area contributed by atoms with Crippen LogP contribution in [-0.2, 0) is 16.4 Å². The van der Waals surface area contributed by atoms with Crippen molar-refractivity contribution in [2.24, 2.45) is 5.92 Å². The quantitative estimate of drug-likeness (QED) is 0.939. The van der Waals surface area contributed by atoms with Crippen molar-refractivity contribution in [1.82, 2.24) is 14.5 Å². The van der Waals surface area contributed by atoms with Crippen LogP contribution in [0.2, 0.25) is 0 Å². The second-order valence-corrected chi connectivity index (χ2v) is 8.65. The lowest BCUT2D eigenvalue weighted by atomic mass is 9.94. The Bertz CT molecular complexity index is 692. The summed E-state index contributed by atoms with van der Waals surface area (Å²) in [6, 6.07) is 3.47. The summed E-state index contributed by atoms with van der Waals surface area (Å²) in [5.74, 6) is 0.354. The van der Waals surface area contributed by atoms with E-state index in [9.17, 15) is 8.42 Å². The summed E-state index contributed by atoms with van der Waals surface area (Å²) in [4.78, 5) is 0. The molecule has 0 aromatic carbocycles. The van der Waals surface area contributed by atoms with Crippen molar-refractivity contribution in [3.05, 3.63) is 35.0 Å². The number of H-pyrrole nitrogens is 1. The van der Waals surface area contributed by atoms with Crippen molar-refractivity contribution in [2.75, 3.05) is 13.1 Å². The topological polar surface area (TPSA) is 66.1 Å². The summed E-state index contributed by atoms with van der Waals surface area (Å²) in [6.45, 7) is 3.25. The summed E-state index contributed by atoms with van der Waals surface area (Å²) in [5, 5.41) is 8.87. The summed E-state index contributed by atoms with van der Waals surface area (Å²) < 4.78 is 27.2. The van der Waals surface area contributed by atoms with Gasteiger partial charge in [-0.2, -0.15) is 9.40 Å². The van der Waals surface area contributed by atoms with Crippen LogP contribution in [0.25, 0.3) is 0 Å². The monoisotopic (exact) mass is 325 g/mol. The van der Waals surface area contributed by atoms with E-state index in [1.807, 2.05) is 18.5 Å². The van der Waals surface area contributed by atoms with Crippen LogP contribution in [0.15, 0.2) is 27.9 Å². The molecule has 0 spiro atoms. The van der Waals surface area contributed by atoms with Gasteiger partial charge in [-0.3, -0.25) is 5.10 Å². The first-order valence-corrected chi connectivity index (χ1v) is 9.42. The lowest BCUT2D eigenvalue weighted by Gasteiger charge is -2.31. The van der Waals surface area contributed by atoms with Gasteiger partial charge in [-0.15, -0.1) is 11.3 Å². The standard InChI is InChI=1S/C14H19N3O2S2/c1-11-9-15-16-13(11)8-12-4-2-6-17(10-12)21(18,19)14-5-3-7-20-14/h3,5,7,9,12H,2,4,6,8,10H2,1H3,(H,15,16)/t12-/m0/s1. The Balaban J connectivity index is 1.73. The second-order valence-electron chi connectivity index (χ2n) is 5.54. The molecule has 114 valence electrons. The van der Waals surface area contributed by atoms with Crippen molar-refractivity contribution < 1.29 is 8.42 Å². The number of piperidine rings is 1. The molecule has 2 aromatic heterocycles. The minimum absolute atomic E-state index is 0.354. The van der Waals surface area contributed by atoms with Crippen molar-refractivity contribution in [2.45, 2.75) is 30.4 Å². The highest BCUT2D eigenvalue weighted by Gasteiger charge is 2.31. The molecule has 2 aromatic rings. The summed E-state index contributed by atoms with van der Waals surface area (Å²) in [7, 11) is -3.31.